The second kappa shape index (κ2) is 8.24. The fraction of sp³-hybridized carbons (Fsp3) is 0.438. The van der Waals surface area contributed by atoms with Crippen LogP contribution in [0.4, 0.5) is 0 Å². The highest BCUT2D eigenvalue weighted by atomic mass is 32.2. The average Bonchev–Trinajstić information content (AvgIpc) is 2.53. The van der Waals surface area contributed by atoms with Crippen molar-refractivity contribution in [2.24, 2.45) is 0 Å². The molecular formula is C16H22N2O4S. The van der Waals surface area contributed by atoms with Crippen LogP contribution < -0.4 is 5.32 Å². The standard InChI is InChI=1S/C16H22N2O4S/c1-23(20,21)15-5-2-14(3-6-15)4-7-16(19)17-8-9-18-10-12-22-13-11-18/h2-7H,8-13H2,1H3,(H,17,19)/b7-4+. The molecule has 1 heterocycles. The first-order valence-electron chi connectivity index (χ1n) is 7.51. The summed E-state index contributed by atoms with van der Waals surface area (Å²) >= 11 is 0. The van der Waals surface area contributed by atoms with Gasteiger partial charge in [-0.2, -0.15) is 0 Å². The van der Waals surface area contributed by atoms with Gasteiger partial charge in [0.2, 0.25) is 5.91 Å². The van der Waals surface area contributed by atoms with E-state index in [0.29, 0.717) is 6.54 Å². The number of carbonyl (C=O) groups excluding carboxylic acids is 1. The molecular weight excluding hydrogens is 316 g/mol. The number of hydrogen-bond donors (Lipinski definition) is 1. The number of amides is 1. The van der Waals surface area contributed by atoms with Crippen molar-refractivity contribution in [2.45, 2.75) is 4.90 Å². The van der Waals surface area contributed by atoms with Gasteiger partial charge in [0, 0.05) is 38.5 Å². The van der Waals surface area contributed by atoms with Gasteiger partial charge in [0.1, 0.15) is 0 Å². The Balaban J connectivity index is 1.76. The summed E-state index contributed by atoms with van der Waals surface area (Å²) in [4.78, 5) is 14.3. The van der Waals surface area contributed by atoms with E-state index >= 15 is 0 Å². The summed E-state index contributed by atoms with van der Waals surface area (Å²) in [5.74, 6) is -0.162. The van der Waals surface area contributed by atoms with Gasteiger partial charge in [-0.1, -0.05) is 12.1 Å². The number of rotatable bonds is 6. The average molecular weight is 338 g/mol. The first kappa shape index (κ1) is 17.7. The van der Waals surface area contributed by atoms with Gasteiger partial charge in [-0.15, -0.1) is 0 Å². The number of benzene rings is 1. The monoisotopic (exact) mass is 338 g/mol. The molecule has 0 radical (unpaired) electrons. The minimum atomic E-state index is -3.19. The first-order chi connectivity index (χ1) is 10.9. The molecule has 6 nitrogen and oxygen atoms in total. The lowest BCUT2D eigenvalue weighted by Crippen LogP contribution is -2.41. The number of nitrogens with one attached hydrogen (secondary N) is 1. The third kappa shape index (κ3) is 6.13. The van der Waals surface area contributed by atoms with Crippen LogP contribution in [0.2, 0.25) is 0 Å². The predicted octanol–water partition coefficient (Wildman–Crippen LogP) is 0.552. The molecule has 0 atom stereocenters. The van der Waals surface area contributed by atoms with Crippen molar-refractivity contribution in [1.82, 2.24) is 10.2 Å². The largest absolute Gasteiger partial charge is 0.379 e. The number of morpholine rings is 1. The van der Waals surface area contributed by atoms with Crippen LogP contribution in [0, 0.1) is 0 Å². The van der Waals surface area contributed by atoms with Crippen LogP contribution in [0.5, 0.6) is 0 Å². The zero-order chi connectivity index (χ0) is 16.7. The van der Waals surface area contributed by atoms with E-state index in [4.69, 9.17) is 4.74 Å². The summed E-state index contributed by atoms with van der Waals surface area (Å²) in [5, 5.41) is 2.83. The molecule has 7 heteroatoms. The molecule has 0 bridgehead atoms. The van der Waals surface area contributed by atoms with Crippen LogP contribution in [0.25, 0.3) is 6.08 Å². The normalized spacial score (nSPS) is 16.6. The second-order valence-corrected chi connectivity index (χ2v) is 7.44. The van der Waals surface area contributed by atoms with Gasteiger partial charge < -0.3 is 10.1 Å². The van der Waals surface area contributed by atoms with Crippen LogP contribution in [0.1, 0.15) is 5.56 Å². The van der Waals surface area contributed by atoms with Crippen LogP contribution in [-0.4, -0.2) is 64.9 Å². The molecule has 0 unspecified atom stereocenters. The van der Waals surface area contributed by atoms with E-state index in [9.17, 15) is 13.2 Å². The van der Waals surface area contributed by atoms with Crippen LogP contribution in [-0.2, 0) is 19.4 Å². The van der Waals surface area contributed by atoms with E-state index in [2.05, 4.69) is 10.2 Å². The molecule has 126 valence electrons. The van der Waals surface area contributed by atoms with Gasteiger partial charge in [-0.3, -0.25) is 9.69 Å². The van der Waals surface area contributed by atoms with Crippen molar-refractivity contribution in [3.8, 4) is 0 Å². The molecule has 1 amide bonds. The fourth-order valence-corrected chi connectivity index (χ4v) is 2.85. The zero-order valence-electron chi connectivity index (χ0n) is 13.2. The van der Waals surface area contributed by atoms with Gasteiger partial charge >= 0.3 is 0 Å². The number of hydrogen-bond acceptors (Lipinski definition) is 5. The molecule has 1 N–H and O–H groups in total. The van der Waals surface area contributed by atoms with E-state index in [-0.39, 0.29) is 10.8 Å². The molecule has 1 aromatic carbocycles. The molecule has 0 aromatic heterocycles. The van der Waals surface area contributed by atoms with Crippen molar-refractivity contribution in [2.75, 3.05) is 45.6 Å². The Morgan fingerprint density at radius 2 is 1.91 bits per heavy atom. The molecule has 0 spiro atoms. The van der Waals surface area contributed by atoms with Crippen molar-refractivity contribution in [3.63, 3.8) is 0 Å². The van der Waals surface area contributed by atoms with Crippen LogP contribution >= 0.6 is 0 Å². The third-order valence-electron chi connectivity index (χ3n) is 3.57. The summed E-state index contributed by atoms with van der Waals surface area (Å²) in [5.41, 5.74) is 0.778. The molecule has 1 aliphatic heterocycles. The number of sulfone groups is 1. The third-order valence-corrected chi connectivity index (χ3v) is 4.69. The lowest BCUT2D eigenvalue weighted by atomic mass is 10.2. The number of nitrogens with zero attached hydrogens (tertiary/aromatic N) is 1. The Kier molecular flexibility index (Phi) is 6.32. The molecule has 1 saturated heterocycles. The minimum Gasteiger partial charge on any atom is -0.379 e. The van der Waals surface area contributed by atoms with Gasteiger partial charge in [0.15, 0.2) is 9.84 Å². The topological polar surface area (TPSA) is 75.7 Å². The Bertz CT molecular complexity index is 647. The van der Waals surface area contributed by atoms with Gasteiger partial charge in [-0.25, -0.2) is 8.42 Å². The lowest BCUT2D eigenvalue weighted by molar-refractivity contribution is -0.116. The highest BCUT2D eigenvalue weighted by molar-refractivity contribution is 7.90. The summed E-state index contributed by atoms with van der Waals surface area (Å²) in [6.45, 7) is 4.70. The summed E-state index contributed by atoms with van der Waals surface area (Å²) in [6, 6.07) is 6.42. The van der Waals surface area contributed by atoms with E-state index in [1.54, 1.807) is 18.2 Å². The van der Waals surface area contributed by atoms with Gasteiger partial charge in [-0.05, 0) is 23.8 Å². The summed E-state index contributed by atoms with van der Waals surface area (Å²) < 4.78 is 28.0. The summed E-state index contributed by atoms with van der Waals surface area (Å²) in [6.07, 6.45) is 4.28. The Hall–Kier alpha value is -1.70. The Labute approximate surface area is 137 Å². The Morgan fingerprint density at radius 3 is 2.52 bits per heavy atom. The molecule has 0 aliphatic carbocycles. The van der Waals surface area contributed by atoms with Crippen molar-refractivity contribution < 1.29 is 17.9 Å². The maximum absolute atomic E-state index is 11.7. The zero-order valence-corrected chi connectivity index (χ0v) is 14.0. The molecule has 1 aromatic rings. The number of carbonyl (C=O) groups is 1. The molecule has 1 aliphatic rings. The minimum absolute atomic E-state index is 0.162. The molecule has 0 saturated carbocycles. The van der Waals surface area contributed by atoms with Gasteiger partial charge in [0.25, 0.3) is 0 Å². The highest BCUT2D eigenvalue weighted by Gasteiger charge is 2.09. The Morgan fingerprint density at radius 1 is 1.26 bits per heavy atom. The maximum Gasteiger partial charge on any atom is 0.244 e. The van der Waals surface area contributed by atoms with E-state index in [0.717, 1.165) is 38.4 Å². The lowest BCUT2D eigenvalue weighted by Gasteiger charge is -2.26. The number of ether oxygens (including phenoxy) is 1. The first-order valence-corrected chi connectivity index (χ1v) is 9.40. The quantitative estimate of drug-likeness (QED) is 0.767. The summed E-state index contributed by atoms with van der Waals surface area (Å²) in [7, 11) is -3.19. The maximum atomic E-state index is 11.7. The van der Waals surface area contributed by atoms with Crippen molar-refractivity contribution in [1.29, 1.82) is 0 Å². The molecule has 1 fully saturated rings. The van der Waals surface area contributed by atoms with Gasteiger partial charge in [0.05, 0.1) is 18.1 Å². The van der Waals surface area contributed by atoms with Crippen LogP contribution in [0.3, 0.4) is 0 Å². The fourth-order valence-electron chi connectivity index (χ4n) is 2.22. The molecule has 2 rings (SSSR count). The van der Waals surface area contributed by atoms with E-state index in [1.165, 1.54) is 24.5 Å². The van der Waals surface area contributed by atoms with Crippen molar-refractivity contribution in [3.05, 3.63) is 35.9 Å². The highest BCUT2D eigenvalue weighted by Crippen LogP contribution is 2.11. The second-order valence-electron chi connectivity index (χ2n) is 5.42. The SMILES string of the molecule is CS(=O)(=O)c1ccc(/C=C/C(=O)NCCN2CCOCC2)cc1. The van der Waals surface area contributed by atoms with Crippen LogP contribution in [0.15, 0.2) is 35.2 Å². The van der Waals surface area contributed by atoms with E-state index < -0.39 is 9.84 Å². The molecule has 23 heavy (non-hydrogen) atoms. The predicted molar refractivity (Wildman–Crippen MR) is 88.9 cm³/mol. The van der Waals surface area contributed by atoms with Crippen molar-refractivity contribution >= 4 is 21.8 Å². The smallest absolute Gasteiger partial charge is 0.244 e. The van der Waals surface area contributed by atoms with E-state index in [1.807, 2.05) is 0 Å².